The van der Waals surface area contributed by atoms with Crippen LogP contribution in [0, 0.1) is 0 Å². The number of amides is 2. The Hall–Kier alpha value is -3.80. The minimum absolute atomic E-state index is 0.265. The van der Waals surface area contributed by atoms with Crippen LogP contribution in [0.2, 0.25) is 0 Å². The van der Waals surface area contributed by atoms with Crippen LogP contribution in [0.4, 0.5) is 5.69 Å². The van der Waals surface area contributed by atoms with E-state index < -0.39 is 6.10 Å². The van der Waals surface area contributed by atoms with E-state index in [2.05, 4.69) is 10.6 Å². The molecule has 0 spiro atoms. The molecule has 6 heteroatoms. The highest BCUT2D eigenvalue weighted by Crippen LogP contribution is 2.27. The fraction of sp³-hybridized carbons (Fsp3) is 0.200. The normalized spacial score (nSPS) is 11.3. The first-order chi connectivity index (χ1) is 15.1. The van der Waals surface area contributed by atoms with Gasteiger partial charge in [-0.1, -0.05) is 61.5 Å². The summed E-state index contributed by atoms with van der Waals surface area (Å²) >= 11 is 0. The number of hydrogen-bond acceptors (Lipinski definition) is 4. The highest BCUT2D eigenvalue weighted by molar-refractivity contribution is 6.04. The highest BCUT2D eigenvalue weighted by Gasteiger charge is 2.22. The molecule has 1 atom stereocenters. The zero-order valence-corrected chi connectivity index (χ0v) is 17.6. The van der Waals surface area contributed by atoms with E-state index in [4.69, 9.17) is 9.47 Å². The molecule has 0 heterocycles. The first kappa shape index (κ1) is 21.9. The van der Waals surface area contributed by atoms with Crippen molar-refractivity contribution in [1.82, 2.24) is 5.32 Å². The van der Waals surface area contributed by atoms with E-state index in [1.54, 1.807) is 43.5 Å². The van der Waals surface area contributed by atoms with Gasteiger partial charge in [0.05, 0.1) is 18.4 Å². The predicted octanol–water partition coefficient (Wildman–Crippen LogP) is 4.42. The number of rotatable bonds is 9. The summed E-state index contributed by atoms with van der Waals surface area (Å²) in [6.45, 7) is 2.26. The van der Waals surface area contributed by atoms with Gasteiger partial charge in [0.1, 0.15) is 0 Å². The molecule has 3 rings (SSSR count). The summed E-state index contributed by atoms with van der Waals surface area (Å²) in [4.78, 5) is 25.6. The maximum absolute atomic E-state index is 12.9. The second-order valence-electron chi connectivity index (χ2n) is 6.87. The lowest BCUT2D eigenvalue weighted by Gasteiger charge is -2.19. The number of para-hydroxylation sites is 3. The van der Waals surface area contributed by atoms with E-state index in [0.29, 0.717) is 35.7 Å². The third-order valence-electron chi connectivity index (χ3n) is 4.73. The molecule has 6 nitrogen and oxygen atoms in total. The number of hydrogen-bond donors (Lipinski definition) is 2. The van der Waals surface area contributed by atoms with E-state index in [0.717, 1.165) is 5.56 Å². The number of ether oxygens (including phenoxy) is 2. The highest BCUT2D eigenvalue weighted by atomic mass is 16.5. The largest absolute Gasteiger partial charge is 0.493 e. The fourth-order valence-corrected chi connectivity index (χ4v) is 3.07. The molecule has 0 aliphatic carbocycles. The summed E-state index contributed by atoms with van der Waals surface area (Å²) in [6.07, 6.45) is -0.288. The van der Waals surface area contributed by atoms with E-state index >= 15 is 0 Å². The van der Waals surface area contributed by atoms with Crippen LogP contribution in [0.15, 0.2) is 78.9 Å². The van der Waals surface area contributed by atoms with Crippen LogP contribution in [0.5, 0.6) is 11.5 Å². The van der Waals surface area contributed by atoms with Crippen LogP contribution in [0.25, 0.3) is 0 Å². The lowest BCUT2D eigenvalue weighted by molar-refractivity contribution is -0.122. The lowest BCUT2D eigenvalue weighted by atomic mass is 10.1. The monoisotopic (exact) mass is 418 g/mol. The standard InChI is InChI=1S/C25H26N2O4/c1-3-21(31-23-16-10-9-15-22(23)30-2)25(29)27-20-14-8-7-13-19(20)24(28)26-17-18-11-5-4-6-12-18/h4-16,21H,3,17H2,1-2H3,(H,26,28)(H,27,29). The van der Waals surface area contributed by atoms with Gasteiger partial charge in [-0.25, -0.2) is 0 Å². The zero-order chi connectivity index (χ0) is 22.1. The van der Waals surface area contributed by atoms with Crippen molar-refractivity contribution in [3.8, 4) is 11.5 Å². The number of anilines is 1. The van der Waals surface area contributed by atoms with Crippen LogP contribution < -0.4 is 20.1 Å². The molecule has 1 unspecified atom stereocenters. The Morgan fingerprint density at radius 2 is 1.52 bits per heavy atom. The van der Waals surface area contributed by atoms with Crippen LogP contribution in [-0.4, -0.2) is 25.0 Å². The Morgan fingerprint density at radius 3 is 2.23 bits per heavy atom. The average Bonchev–Trinajstić information content (AvgIpc) is 2.82. The van der Waals surface area contributed by atoms with Gasteiger partial charge in [0.2, 0.25) is 0 Å². The summed E-state index contributed by atoms with van der Waals surface area (Å²) in [5, 5.41) is 5.72. The smallest absolute Gasteiger partial charge is 0.265 e. The molecular formula is C25H26N2O4. The summed E-state index contributed by atoms with van der Waals surface area (Å²) < 4.78 is 11.2. The molecule has 0 radical (unpaired) electrons. The van der Waals surface area contributed by atoms with Gasteiger partial charge < -0.3 is 20.1 Å². The maximum atomic E-state index is 12.9. The quantitative estimate of drug-likeness (QED) is 0.539. The number of carbonyl (C=O) groups excluding carboxylic acids is 2. The second kappa shape index (κ2) is 10.8. The first-order valence-corrected chi connectivity index (χ1v) is 10.1. The molecule has 0 aromatic heterocycles. The van der Waals surface area contributed by atoms with Gasteiger partial charge in [0.25, 0.3) is 11.8 Å². The Bertz CT molecular complexity index is 1020. The third kappa shape index (κ3) is 5.85. The SMILES string of the molecule is CCC(Oc1ccccc1OC)C(=O)Nc1ccccc1C(=O)NCc1ccccc1. The predicted molar refractivity (Wildman–Crippen MR) is 120 cm³/mol. The van der Waals surface area contributed by atoms with Gasteiger partial charge >= 0.3 is 0 Å². The van der Waals surface area contributed by atoms with E-state index in [1.165, 1.54) is 0 Å². The van der Waals surface area contributed by atoms with Crippen molar-refractivity contribution in [2.45, 2.75) is 26.0 Å². The van der Waals surface area contributed by atoms with Crippen molar-refractivity contribution in [2.75, 3.05) is 12.4 Å². The van der Waals surface area contributed by atoms with Crippen LogP contribution in [0.3, 0.4) is 0 Å². The molecule has 2 amide bonds. The molecule has 3 aromatic rings. The van der Waals surface area contributed by atoms with Crippen LogP contribution in [-0.2, 0) is 11.3 Å². The number of methoxy groups -OCH3 is 1. The lowest BCUT2D eigenvalue weighted by Crippen LogP contribution is -2.33. The van der Waals surface area contributed by atoms with Crippen molar-refractivity contribution in [3.05, 3.63) is 90.0 Å². The first-order valence-electron chi connectivity index (χ1n) is 10.1. The molecule has 0 aliphatic rings. The van der Waals surface area contributed by atoms with E-state index in [1.807, 2.05) is 49.4 Å². The third-order valence-corrected chi connectivity index (χ3v) is 4.73. The van der Waals surface area contributed by atoms with Crippen molar-refractivity contribution < 1.29 is 19.1 Å². The van der Waals surface area contributed by atoms with E-state index in [9.17, 15) is 9.59 Å². The van der Waals surface area contributed by atoms with Gasteiger partial charge in [0.15, 0.2) is 17.6 Å². The molecule has 3 aromatic carbocycles. The minimum atomic E-state index is -0.739. The van der Waals surface area contributed by atoms with Crippen molar-refractivity contribution in [2.24, 2.45) is 0 Å². The molecule has 0 saturated carbocycles. The minimum Gasteiger partial charge on any atom is -0.493 e. The summed E-state index contributed by atoms with van der Waals surface area (Å²) in [7, 11) is 1.55. The fourth-order valence-electron chi connectivity index (χ4n) is 3.07. The Labute approximate surface area is 182 Å². The Morgan fingerprint density at radius 1 is 0.871 bits per heavy atom. The molecule has 2 N–H and O–H groups in total. The zero-order valence-electron chi connectivity index (χ0n) is 17.6. The number of carbonyl (C=O) groups is 2. The number of nitrogens with one attached hydrogen (secondary N) is 2. The van der Waals surface area contributed by atoms with Gasteiger partial charge in [-0.15, -0.1) is 0 Å². The topological polar surface area (TPSA) is 76.7 Å². The van der Waals surface area contributed by atoms with Gasteiger partial charge in [-0.3, -0.25) is 9.59 Å². The second-order valence-corrected chi connectivity index (χ2v) is 6.87. The molecule has 31 heavy (non-hydrogen) atoms. The summed E-state index contributed by atoms with van der Waals surface area (Å²) in [5.41, 5.74) is 1.81. The Kier molecular flexibility index (Phi) is 7.65. The van der Waals surface area contributed by atoms with Crippen LogP contribution >= 0.6 is 0 Å². The number of benzene rings is 3. The summed E-state index contributed by atoms with van der Waals surface area (Å²) in [5.74, 6) is 0.436. The van der Waals surface area contributed by atoms with Crippen molar-refractivity contribution >= 4 is 17.5 Å². The molecule has 0 fully saturated rings. The molecule has 0 aliphatic heterocycles. The average molecular weight is 418 g/mol. The van der Waals surface area contributed by atoms with E-state index in [-0.39, 0.29) is 11.8 Å². The molecule has 160 valence electrons. The van der Waals surface area contributed by atoms with Gasteiger partial charge in [-0.05, 0) is 36.2 Å². The molecular weight excluding hydrogens is 392 g/mol. The van der Waals surface area contributed by atoms with Crippen LogP contribution in [0.1, 0.15) is 29.3 Å². The van der Waals surface area contributed by atoms with Gasteiger partial charge in [0, 0.05) is 6.54 Å². The Balaban J connectivity index is 1.69. The maximum Gasteiger partial charge on any atom is 0.265 e. The molecule has 0 saturated heterocycles. The molecule has 0 bridgehead atoms. The van der Waals surface area contributed by atoms with Crippen molar-refractivity contribution in [1.29, 1.82) is 0 Å². The van der Waals surface area contributed by atoms with Gasteiger partial charge in [-0.2, -0.15) is 0 Å². The summed E-state index contributed by atoms with van der Waals surface area (Å²) in [6, 6.07) is 23.7. The van der Waals surface area contributed by atoms with Crippen molar-refractivity contribution in [3.63, 3.8) is 0 Å².